The van der Waals surface area contributed by atoms with Crippen LogP contribution in [0.3, 0.4) is 0 Å². The van der Waals surface area contributed by atoms with Crippen LogP contribution < -0.4 is 4.72 Å². The number of hydrogen-bond donors (Lipinski definition) is 1. The molecule has 0 aromatic carbocycles. The fraction of sp³-hybridized carbons (Fsp3) is 1.00. The summed E-state index contributed by atoms with van der Waals surface area (Å²) < 4.78 is 30.9. The number of ether oxygens (including phenoxy) is 1. The summed E-state index contributed by atoms with van der Waals surface area (Å²) in [5, 5.41) is 0. The Morgan fingerprint density at radius 2 is 2.12 bits per heavy atom. The summed E-state index contributed by atoms with van der Waals surface area (Å²) in [6, 6.07) is 0.0433. The summed E-state index contributed by atoms with van der Waals surface area (Å²) in [5.41, 5.74) is 0. The molecule has 1 rings (SSSR count). The van der Waals surface area contributed by atoms with Gasteiger partial charge >= 0.3 is 0 Å². The monoisotopic (exact) mass is 250 g/mol. The number of rotatable bonds is 6. The van der Waals surface area contributed by atoms with Gasteiger partial charge in [-0.2, -0.15) is 0 Å². The molecule has 1 aliphatic heterocycles. The number of nitrogens with one attached hydrogen (secondary N) is 1. The maximum Gasteiger partial charge on any atom is 0.214 e. The molecule has 0 radical (unpaired) electrons. The van der Waals surface area contributed by atoms with Gasteiger partial charge in [-0.3, -0.25) is 0 Å². The first-order valence-electron chi connectivity index (χ1n) is 5.69. The highest BCUT2D eigenvalue weighted by Crippen LogP contribution is 2.16. The normalized spacial score (nSPS) is 27.4. The number of likely N-dealkylation sites (tertiary alicyclic amines) is 1. The van der Waals surface area contributed by atoms with Crippen LogP contribution in [-0.2, 0) is 14.8 Å². The molecule has 0 aromatic rings. The SMILES string of the molecule is CCN1C[C@@H](C)[C@@H](NS(=O)(=O)CCOC)C1. The van der Waals surface area contributed by atoms with E-state index in [0.29, 0.717) is 5.92 Å². The number of likely N-dealkylation sites (N-methyl/N-ethyl adjacent to an activating group) is 1. The van der Waals surface area contributed by atoms with E-state index in [0.717, 1.165) is 19.6 Å². The van der Waals surface area contributed by atoms with E-state index in [1.165, 1.54) is 7.11 Å². The van der Waals surface area contributed by atoms with Gasteiger partial charge in [-0.1, -0.05) is 13.8 Å². The second kappa shape index (κ2) is 5.95. The van der Waals surface area contributed by atoms with Gasteiger partial charge in [0.05, 0.1) is 12.4 Å². The van der Waals surface area contributed by atoms with E-state index in [2.05, 4.69) is 23.5 Å². The Kier molecular flexibility index (Phi) is 5.17. The Bertz CT molecular complexity index is 305. The molecule has 96 valence electrons. The standard InChI is InChI=1S/C10H22N2O3S/c1-4-12-7-9(2)10(8-12)11-16(13,14)6-5-15-3/h9-11H,4-8H2,1-3H3/t9-,10+/m1/s1. The Labute approximate surface area is 98.2 Å². The molecule has 0 bridgehead atoms. The molecule has 0 spiro atoms. The summed E-state index contributed by atoms with van der Waals surface area (Å²) in [6.07, 6.45) is 0. The Balaban J connectivity index is 2.48. The van der Waals surface area contributed by atoms with E-state index < -0.39 is 10.0 Å². The van der Waals surface area contributed by atoms with E-state index in [-0.39, 0.29) is 18.4 Å². The molecule has 16 heavy (non-hydrogen) atoms. The molecule has 2 atom stereocenters. The summed E-state index contributed by atoms with van der Waals surface area (Å²) in [5.74, 6) is 0.413. The van der Waals surface area contributed by atoms with Gasteiger partial charge in [0.15, 0.2) is 0 Å². The lowest BCUT2D eigenvalue weighted by atomic mass is 10.1. The van der Waals surface area contributed by atoms with Crippen molar-refractivity contribution in [2.75, 3.05) is 39.1 Å². The Morgan fingerprint density at radius 1 is 1.44 bits per heavy atom. The second-order valence-electron chi connectivity index (χ2n) is 4.37. The van der Waals surface area contributed by atoms with E-state index in [9.17, 15) is 8.42 Å². The van der Waals surface area contributed by atoms with Gasteiger partial charge in [-0.15, -0.1) is 0 Å². The first-order chi connectivity index (χ1) is 7.48. The van der Waals surface area contributed by atoms with E-state index >= 15 is 0 Å². The smallest absolute Gasteiger partial charge is 0.214 e. The average Bonchev–Trinajstić information content (AvgIpc) is 2.56. The average molecular weight is 250 g/mol. The van der Waals surface area contributed by atoms with E-state index in [4.69, 9.17) is 4.74 Å². The molecule has 1 fully saturated rings. The third kappa shape index (κ3) is 4.01. The van der Waals surface area contributed by atoms with Crippen LogP contribution in [-0.4, -0.2) is 58.5 Å². The molecule has 0 aliphatic carbocycles. The lowest BCUT2D eigenvalue weighted by Crippen LogP contribution is -2.41. The highest BCUT2D eigenvalue weighted by atomic mass is 32.2. The van der Waals surface area contributed by atoms with Crippen LogP contribution in [0.2, 0.25) is 0 Å². The Hall–Kier alpha value is -0.170. The van der Waals surface area contributed by atoms with Gasteiger partial charge in [-0.05, 0) is 12.5 Å². The molecule has 1 heterocycles. The number of nitrogens with zero attached hydrogens (tertiary/aromatic N) is 1. The number of hydrogen-bond acceptors (Lipinski definition) is 4. The zero-order valence-corrected chi connectivity index (χ0v) is 11.1. The fourth-order valence-electron chi connectivity index (χ4n) is 1.96. The van der Waals surface area contributed by atoms with Crippen molar-refractivity contribution in [3.63, 3.8) is 0 Å². The van der Waals surface area contributed by atoms with Crippen LogP contribution >= 0.6 is 0 Å². The molecular weight excluding hydrogens is 228 g/mol. The van der Waals surface area contributed by atoms with Gasteiger partial charge in [-0.25, -0.2) is 13.1 Å². The number of methoxy groups -OCH3 is 1. The first-order valence-corrected chi connectivity index (χ1v) is 7.35. The minimum Gasteiger partial charge on any atom is -0.384 e. The minimum absolute atomic E-state index is 0.0405. The summed E-state index contributed by atoms with van der Waals surface area (Å²) in [4.78, 5) is 2.26. The number of sulfonamides is 1. The van der Waals surface area contributed by atoms with Gasteiger partial charge in [0.1, 0.15) is 0 Å². The molecule has 0 saturated carbocycles. The molecular formula is C10H22N2O3S. The zero-order valence-electron chi connectivity index (χ0n) is 10.3. The molecule has 6 heteroatoms. The third-order valence-corrected chi connectivity index (χ3v) is 4.39. The van der Waals surface area contributed by atoms with Crippen molar-refractivity contribution in [3.8, 4) is 0 Å². The van der Waals surface area contributed by atoms with Crippen LogP contribution in [0.4, 0.5) is 0 Å². The predicted octanol–water partition coefficient (Wildman–Crippen LogP) is -0.108. The highest BCUT2D eigenvalue weighted by molar-refractivity contribution is 7.89. The third-order valence-electron chi connectivity index (χ3n) is 3.02. The van der Waals surface area contributed by atoms with Crippen LogP contribution in [0.1, 0.15) is 13.8 Å². The van der Waals surface area contributed by atoms with E-state index in [1.807, 2.05) is 0 Å². The van der Waals surface area contributed by atoms with Crippen molar-refractivity contribution in [2.45, 2.75) is 19.9 Å². The van der Waals surface area contributed by atoms with Crippen molar-refractivity contribution in [2.24, 2.45) is 5.92 Å². The Morgan fingerprint density at radius 3 is 2.62 bits per heavy atom. The van der Waals surface area contributed by atoms with Crippen LogP contribution in [0, 0.1) is 5.92 Å². The summed E-state index contributed by atoms with van der Waals surface area (Å²) in [6.45, 7) is 7.17. The predicted molar refractivity (Wildman–Crippen MR) is 63.9 cm³/mol. The van der Waals surface area contributed by atoms with Crippen molar-refractivity contribution < 1.29 is 13.2 Å². The quantitative estimate of drug-likeness (QED) is 0.715. The van der Waals surface area contributed by atoms with Crippen LogP contribution in [0.15, 0.2) is 0 Å². The molecule has 0 unspecified atom stereocenters. The van der Waals surface area contributed by atoms with Gasteiger partial charge < -0.3 is 9.64 Å². The van der Waals surface area contributed by atoms with Crippen molar-refractivity contribution >= 4 is 10.0 Å². The maximum atomic E-state index is 11.7. The van der Waals surface area contributed by atoms with Gasteiger partial charge in [0.2, 0.25) is 10.0 Å². The fourth-order valence-corrected chi connectivity index (χ4v) is 3.23. The summed E-state index contributed by atoms with van der Waals surface area (Å²) >= 11 is 0. The van der Waals surface area contributed by atoms with Crippen molar-refractivity contribution in [1.29, 1.82) is 0 Å². The van der Waals surface area contributed by atoms with Crippen LogP contribution in [0.25, 0.3) is 0 Å². The van der Waals surface area contributed by atoms with Gasteiger partial charge in [0.25, 0.3) is 0 Å². The molecule has 5 nitrogen and oxygen atoms in total. The lowest BCUT2D eigenvalue weighted by molar-refractivity contribution is 0.216. The second-order valence-corrected chi connectivity index (χ2v) is 6.24. The van der Waals surface area contributed by atoms with Gasteiger partial charge in [0, 0.05) is 26.2 Å². The molecule has 0 amide bonds. The molecule has 1 aliphatic rings. The zero-order chi connectivity index (χ0) is 12.2. The molecule has 0 aromatic heterocycles. The largest absolute Gasteiger partial charge is 0.384 e. The lowest BCUT2D eigenvalue weighted by Gasteiger charge is -2.16. The highest BCUT2D eigenvalue weighted by Gasteiger charge is 2.31. The van der Waals surface area contributed by atoms with E-state index in [1.54, 1.807) is 0 Å². The topological polar surface area (TPSA) is 58.6 Å². The van der Waals surface area contributed by atoms with Crippen molar-refractivity contribution in [1.82, 2.24) is 9.62 Å². The maximum absolute atomic E-state index is 11.7. The van der Waals surface area contributed by atoms with Crippen molar-refractivity contribution in [3.05, 3.63) is 0 Å². The minimum atomic E-state index is -3.19. The molecule has 1 saturated heterocycles. The van der Waals surface area contributed by atoms with Crippen LogP contribution in [0.5, 0.6) is 0 Å². The summed E-state index contributed by atoms with van der Waals surface area (Å²) in [7, 11) is -1.69. The molecule has 1 N–H and O–H groups in total. The first kappa shape index (κ1) is 13.9.